The van der Waals surface area contributed by atoms with E-state index in [9.17, 15) is 0 Å². The van der Waals surface area contributed by atoms with E-state index in [1.165, 1.54) is 0 Å². The van der Waals surface area contributed by atoms with Crippen molar-refractivity contribution in [2.24, 2.45) is 5.92 Å². The van der Waals surface area contributed by atoms with E-state index in [1.54, 1.807) is 7.11 Å². The fourth-order valence-electron chi connectivity index (χ4n) is 2.91. The maximum atomic E-state index is 6.26. The monoisotopic (exact) mass is 375 g/mol. The second-order valence-corrected chi connectivity index (χ2v) is 6.68. The first-order valence-corrected chi connectivity index (χ1v) is 8.68. The Morgan fingerprint density at radius 1 is 1.43 bits per heavy atom. The lowest BCUT2D eigenvalue weighted by Gasteiger charge is -2.32. The van der Waals surface area contributed by atoms with Gasteiger partial charge in [0, 0.05) is 29.8 Å². The quantitative estimate of drug-likeness (QED) is 0.788. The molecule has 1 aliphatic heterocycles. The molecular formula is C16H23BrClNO2. The summed E-state index contributed by atoms with van der Waals surface area (Å²) < 4.78 is 12.0. The smallest absolute Gasteiger partial charge is 0.137 e. The van der Waals surface area contributed by atoms with Crippen molar-refractivity contribution >= 4 is 27.5 Å². The molecule has 118 valence electrons. The Balaban J connectivity index is 2.34. The van der Waals surface area contributed by atoms with Gasteiger partial charge in [0.15, 0.2) is 0 Å². The van der Waals surface area contributed by atoms with Crippen LogP contribution in [0.4, 0.5) is 0 Å². The molecule has 1 N–H and O–H groups in total. The number of methoxy groups -OCH3 is 1. The first kappa shape index (κ1) is 17.1. The molecule has 3 nitrogen and oxygen atoms in total. The third-order valence-corrected chi connectivity index (χ3v) is 4.74. The van der Waals surface area contributed by atoms with Crippen LogP contribution in [0.25, 0.3) is 0 Å². The Kier molecular flexibility index (Phi) is 6.80. The topological polar surface area (TPSA) is 30.5 Å². The van der Waals surface area contributed by atoms with Crippen LogP contribution in [0.15, 0.2) is 16.6 Å². The molecule has 2 rings (SSSR count). The number of benzene rings is 1. The second kappa shape index (κ2) is 8.37. The summed E-state index contributed by atoms with van der Waals surface area (Å²) in [5, 5.41) is 4.40. The first-order valence-electron chi connectivity index (χ1n) is 7.51. The van der Waals surface area contributed by atoms with Gasteiger partial charge in [-0.25, -0.2) is 0 Å². The highest BCUT2D eigenvalue weighted by Gasteiger charge is 2.28. The van der Waals surface area contributed by atoms with Crippen LogP contribution in [-0.4, -0.2) is 26.9 Å². The highest BCUT2D eigenvalue weighted by molar-refractivity contribution is 9.10. The van der Waals surface area contributed by atoms with Crippen molar-refractivity contribution < 1.29 is 9.47 Å². The molecule has 1 aromatic carbocycles. The number of hydrogen-bond acceptors (Lipinski definition) is 3. The number of hydrogen-bond donors (Lipinski definition) is 1. The molecule has 0 aromatic heterocycles. The Labute approximate surface area is 140 Å². The summed E-state index contributed by atoms with van der Waals surface area (Å²) in [5.41, 5.74) is 1.14. The Bertz CT molecular complexity index is 464. The third-order valence-electron chi connectivity index (χ3n) is 3.93. The van der Waals surface area contributed by atoms with Crippen LogP contribution in [0.1, 0.15) is 37.8 Å². The van der Waals surface area contributed by atoms with Gasteiger partial charge in [0.25, 0.3) is 0 Å². The minimum atomic E-state index is 0.249. The Morgan fingerprint density at radius 2 is 2.14 bits per heavy atom. The van der Waals surface area contributed by atoms with Crippen LogP contribution in [0.2, 0.25) is 5.02 Å². The largest absolute Gasteiger partial charge is 0.495 e. The van der Waals surface area contributed by atoms with Crippen LogP contribution >= 0.6 is 27.5 Å². The summed E-state index contributed by atoms with van der Waals surface area (Å²) in [6.07, 6.45) is 3.23. The minimum absolute atomic E-state index is 0.249. The zero-order chi connectivity index (χ0) is 15.2. The standard InChI is InChI=1S/C16H23BrClNO2/c1-3-6-19-15(11-4-7-21-8-5-11)13-9-12(18)10-14(17)16(13)20-2/h9-11,15,19H,3-8H2,1-2H3. The first-order chi connectivity index (χ1) is 10.2. The molecule has 0 radical (unpaired) electrons. The van der Waals surface area contributed by atoms with E-state index in [0.29, 0.717) is 5.92 Å². The number of rotatable bonds is 6. The molecule has 1 saturated heterocycles. The van der Waals surface area contributed by atoms with Gasteiger partial charge in [0.05, 0.1) is 11.6 Å². The fraction of sp³-hybridized carbons (Fsp3) is 0.625. The van der Waals surface area contributed by atoms with E-state index in [4.69, 9.17) is 21.1 Å². The van der Waals surface area contributed by atoms with Gasteiger partial charge in [0.2, 0.25) is 0 Å². The van der Waals surface area contributed by atoms with Crippen molar-refractivity contribution in [2.75, 3.05) is 26.9 Å². The molecule has 0 saturated carbocycles. The average Bonchev–Trinajstić information content (AvgIpc) is 2.48. The molecule has 1 heterocycles. The van der Waals surface area contributed by atoms with E-state index < -0.39 is 0 Å². The molecule has 1 fully saturated rings. The minimum Gasteiger partial charge on any atom is -0.495 e. The summed E-state index contributed by atoms with van der Waals surface area (Å²) >= 11 is 9.81. The van der Waals surface area contributed by atoms with Crippen LogP contribution < -0.4 is 10.1 Å². The van der Waals surface area contributed by atoms with Crippen LogP contribution in [0.3, 0.4) is 0 Å². The van der Waals surface area contributed by atoms with E-state index in [-0.39, 0.29) is 6.04 Å². The average molecular weight is 377 g/mol. The van der Waals surface area contributed by atoms with Crippen molar-refractivity contribution in [1.82, 2.24) is 5.32 Å². The summed E-state index contributed by atoms with van der Waals surface area (Å²) in [6, 6.07) is 4.15. The lowest BCUT2D eigenvalue weighted by molar-refractivity contribution is 0.0533. The predicted molar refractivity (Wildman–Crippen MR) is 90.3 cm³/mol. The third kappa shape index (κ3) is 4.35. The molecule has 21 heavy (non-hydrogen) atoms. The maximum Gasteiger partial charge on any atom is 0.137 e. The van der Waals surface area contributed by atoms with E-state index in [2.05, 4.69) is 28.2 Å². The number of halogens is 2. The SMILES string of the molecule is CCCNC(c1cc(Cl)cc(Br)c1OC)C1CCOCC1. The molecule has 1 atom stereocenters. The Morgan fingerprint density at radius 3 is 2.76 bits per heavy atom. The van der Waals surface area contributed by atoms with Crippen molar-refractivity contribution in [3.05, 3.63) is 27.2 Å². The summed E-state index contributed by atoms with van der Waals surface area (Å²) in [6.45, 7) is 4.83. The Hall–Kier alpha value is -0.290. The summed E-state index contributed by atoms with van der Waals surface area (Å²) in [7, 11) is 1.71. The second-order valence-electron chi connectivity index (χ2n) is 5.39. The highest BCUT2D eigenvalue weighted by Crippen LogP contribution is 2.40. The van der Waals surface area contributed by atoms with Gasteiger partial charge >= 0.3 is 0 Å². The van der Waals surface area contributed by atoms with Crippen LogP contribution in [0.5, 0.6) is 5.75 Å². The van der Waals surface area contributed by atoms with Gasteiger partial charge < -0.3 is 14.8 Å². The van der Waals surface area contributed by atoms with E-state index in [0.717, 1.165) is 59.8 Å². The van der Waals surface area contributed by atoms with Gasteiger partial charge in [-0.1, -0.05) is 18.5 Å². The molecule has 1 unspecified atom stereocenters. The lowest BCUT2D eigenvalue weighted by Crippen LogP contribution is -2.33. The maximum absolute atomic E-state index is 6.26. The van der Waals surface area contributed by atoms with Crippen LogP contribution in [0, 0.1) is 5.92 Å². The predicted octanol–water partition coefficient (Wildman–Crippen LogP) is 4.58. The molecule has 5 heteroatoms. The van der Waals surface area contributed by atoms with Crippen molar-refractivity contribution in [3.63, 3.8) is 0 Å². The van der Waals surface area contributed by atoms with Crippen molar-refractivity contribution in [1.29, 1.82) is 0 Å². The molecular weight excluding hydrogens is 354 g/mol. The van der Waals surface area contributed by atoms with E-state index >= 15 is 0 Å². The molecule has 0 amide bonds. The zero-order valence-electron chi connectivity index (χ0n) is 12.6. The van der Waals surface area contributed by atoms with Crippen LogP contribution in [-0.2, 0) is 4.74 Å². The molecule has 0 aliphatic carbocycles. The lowest BCUT2D eigenvalue weighted by atomic mass is 9.86. The fourth-order valence-corrected chi connectivity index (χ4v) is 3.90. The zero-order valence-corrected chi connectivity index (χ0v) is 15.0. The van der Waals surface area contributed by atoms with Gasteiger partial charge in [-0.2, -0.15) is 0 Å². The highest BCUT2D eigenvalue weighted by atomic mass is 79.9. The van der Waals surface area contributed by atoms with Gasteiger partial charge in [-0.15, -0.1) is 0 Å². The number of nitrogens with one attached hydrogen (secondary N) is 1. The normalized spacial score (nSPS) is 17.7. The van der Waals surface area contributed by atoms with Crippen molar-refractivity contribution in [2.45, 2.75) is 32.2 Å². The van der Waals surface area contributed by atoms with Gasteiger partial charge in [-0.3, -0.25) is 0 Å². The molecule has 0 bridgehead atoms. The summed E-state index contributed by atoms with van der Waals surface area (Å²) in [4.78, 5) is 0. The number of ether oxygens (including phenoxy) is 2. The molecule has 0 spiro atoms. The van der Waals surface area contributed by atoms with Crippen molar-refractivity contribution in [3.8, 4) is 5.75 Å². The molecule has 1 aliphatic rings. The molecule has 1 aromatic rings. The van der Waals surface area contributed by atoms with Gasteiger partial charge in [-0.05, 0) is 59.8 Å². The van der Waals surface area contributed by atoms with E-state index in [1.807, 2.05) is 12.1 Å². The summed E-state index contributed by atoms with van der Waals surface area (Å²) in [5.74, 6) is 1.42. The van der Waals surface area contributed by atoms with Gasteiger partial charge in [0.1, 0.15) is 5.75 Å².